The topological polar surface area (TPSA) is 57.0 Å². The van der Waals surface area contributed by atoms with Gasteiger partial charge in [-0.1, -0.05) is 30.0 Å². The van der Waals surface area contributed by atoms with Gasteiger partial charge in [0.2, 0.25) is 0 Å². The van der Waals surface area contributed by atoms with Crippen LogP contribution < -0.4 is 4.74 Å². The summed E-state index contributed by atoms with van der Waals surface area (Å²) in [6.07, 6.45) is 0. The molecule has 7 heteroatoms. The van der Waals surface area contributed by atoms with Crippen molar-refractivity contribution in [3.63, 3.8) is 0 Å². The molecule has 0 spiro atoms. The van der Waals surface area contributed by atoms with Crippen molar-refractivity contribution in [2.75, 3.05) is 12.9 Å². The lowest BCUT2D eigenvalue weighted by Crippen LogP contribution is -2.05. The van der Waals surface area contributed by atoms with E-state index in [0.717, 1.165) is 38.1 Å². The average Bonchev–Trinajstić information content (AvgIpc) is 3.35. The van der Waals surface area contributed by atoms with Crippen molar-refractivity contribution in [3.05, 3.63) is 76.0 Å². The third-order valence-electron chi connectivity index (χ3n) is 4.67. The Morgan fingerprint density at radius 1 is 1.07 bits per heavy atom. The average molecular weight is 436 g/mol. The number of ketones is 1. The summed E-state index contributed by atoms with van der Waals surface area (Å²) in [5.41, 5.74) is 2.67. The van der Waals surface area contributed by atoms with Crippen LogP contribution in [-0.4, -0.2) is 33.4 Å². The number of benzene rings is 2. The number of thioether (sulfide) groups is 1. The Morgan fingerprint density at radius 2 is 1.80 bits per heavy atom. The van der Waals surface area contributed by atoms with Crippen LogP contribution in [0.2, 0.25) is 0 Å². The van der Waals surface area contributed by atoms with Gasteiger partial charge in [-0.25, -0.2) is 0 Å². The minimum absolute atomic E-state index is 0.107. The van der Waals surface area contributed by atoms with Crippen LogP contribution in [0, 0.1) is 13.8 Å². The van der Waals surface area contributed by atoms with Gasteiger partial charge in [0.25, 0.3) is 0 Å². The van der Waals surface area contributed by atoms with E-state index in [2.05, 4.69) is 10.2 Å². The van der Waals surface area contributed by atoms with Crippen LogP contribution in [-0.2, 0) is 0 Å². The van der Waals surface area contributed by atoms with Crippen LogP contribution in [0.25, 0.3) is 17.1 Å². The number of methoxy groups -OCH3 is 1. The van der Waals surface area contributed by atoms with Gasteiger partial charge in [0.15, 0.2) is 16.8 Å². The maximum absolute atomic E-state index is 12.8. The van der Waals surface area contributed by atoms with Crippen LogP contribution in [0.4, 0.5) is 0 Å². The molecule has 0 aliphatic carbocycles. The SMILES string of the molecule is COc1ccc(-c2nnc(SCC(=O)c3cc(C)sc3C)n2-c2ccccc2)cc1. The van der Waals surface area contributed by atoms with Crippen molar-refractivity contribution in [1.29, 1.82) is 0 Å². The van der Waals surface area contributed by atoms with Crippen LogP contribution in [0.3, 0.4) is 0 Å². The van der Waals surface area contributed by atoms with Crippen molar-refractivity contribution in [2.24, 2.45) is 0 Å². The quantitative estimate of drug-likeness (QED) is 0.279. The third kappa shape index (κ3) is 4.17. The summed E-state index contributed by atoms with van der Waals surface area (Å²) in [4.78, 5) is 15.0. The molecule has 2 aromatic carbocycles. The molecule has 0 radical (unpaired) electrons. The fourth-order valence-electron chi connectivity index (χ4n) is 3.22. The van der Waals surface area contributed by atoms with Crippen LogP contribution in [0.5, 0.6) is 5.75 Å². The molecule has 0 bridgehead atoms. The van der Waals surface area contributed by atoms with Crippen LogP contribution in [0.15, 0.2) is 65.8 Å². The highest BCUT2D eigenvalue weighted by atomic mass is 32.2. The van der Waals surface area contributed by atoms with E-state index >= 15 is 0 Å². The van der Waals surface area contributed by atoms with Gasteiger partial charge in [-0.3, -0.25) is 9.36 Å². The number of carbonyl (C=O) groups is 1. The molecule has 0 atom stereocenters. The molecule has 0 N–H and O–H groups in total. The molecular weight excluding hydrogens is 414 g/mol. The van der Waals surface area contributed by atoms with Crippen molar-refractivity contribution in [3.8, 4) is 22.8 Å². The Labute approximate surface area is 183 Å². The minimum Gasteiger partial charge on any atom is -0.497 e. The number of hydrogen-bond donors (Lipinski definition) is 0. The molecule has 4 rings (SSSR count). The fourth-order valence-corrected chi connectivity index (χ4v) is 4.99. The first-order valence-corrected chi connectivity index (χ1v) is 11.3. The summed E-state index contributed by atoms with van der Waals surface area (Å²) < 4.78 is 7.25. The summed E-state index contributed by atoms with van der Waals surface area (Å²) >= 11 is 3.06. The fraction of sp³-hybridized carbons (Fsp3) is 0.174. The summed E-state index contributed by atoms with van der Waals surface area (Å²) in [6, 6.07) is 19.6. The van der Waals surface area contributed by atoms with Crippen molar-refractivity contribution < 1.29 is 9.53 Å². The number of Topliss-reactive ketones (excluding diaryl/α,β-unsaturated/α-hetero) is 1. The van der Waals surface area contributed by atoms with E-state index in [-0.39, 0.29) is 5.78 Å². The summed E-state index contributed by atoms with van der Waals surface area (Å²) in [5.74, 6) is 1.92. The van der Waals surface area contributed by atoms with Gasteiger partial charge < -0.3 is 4.74 Å². The monoisotopic (exact) mass is 435 g/mol. The number of aryl methyl sites for hydroxylation is 2. The summed E-state index contributed by atoms with van der Waals surface area (Å²) in [5, 5.41) is 9.52. The van der Waals surface area contributed by atoms with E-state index < -0.39 is 0 Å². The maximum Gasteiger partial charge on any atom is 0.196 e. The van der Waals surface area contributed by atoms with Gasteiger partial charge in [0.05, 0.1) is 12.9 Å². The molecule has 5 nitrogen and oxygen atoms in total. The predicted octanol–water partition coefficient (Wildman–Crippen LogP) is 5.60. The number of aromatic nitrogens is 3. The Morgan fingerprint density at radius 3 is 2.43 bits per heavy atom. The first-order valence-electron chi connectivity index (χ1n) is 9.45. The molecule has 0 saturated heterocycles. The van der Waals surface area contributed by atoms with Crippen molar-refractivity contribution >= 4 is 28.9 Å². The highest BCUT2D eigenvalue weighted by Crippen LogP contribution is 2.30. The zero-order valence-electron chi connectivity index (χ0n) is 17.0. The molecule has 0 amide bonds. The van der Waals surface area contributed by atoms with E-state index in [9.17, 15) is 4.79 Å². The van der Waals surface area contributed by atoms with Crippen molar-refractivity contribution in [2.45, 2.75) is 19.0 Å². The van der Waals surface area contributed by atoms with E-state index in [0.29, 0.717) is 10.9 Å². The lowest BCUT2D eigenvalue weighted by Gasteiger charge is -2.10. The molecular formula is C23H21N3O2S2. The molecule has 0 saturated carbocycles. The number of thiophene rings is 1. The standard InChI is InChI=1S/C23H21N3O2S2/c1-15-13-20(16(2)30-15)21(27)14-29-23-25-24-22(17-9-11-19(28-3)12-10-17)26(23)18-7-5-4-6-8-18/h4-13H,14H2,1-3H3. The van der Waals surface area contributed by atoms with Crippen LogP contribution >= 0.6 is 23.1 Å². The highest BCUT2D eigenvalue weighted by molar-refractivity contribution is 7.99. The zero-order valence-corrected chi connectivity index (χ0v) is 18.6. The molecule has 0 fully saturated rings. The second-order valence-corrected chi connectivity index (χ2v) is 9.15. The molecule has 2 aromatic heterocycles. The number of para-hydroxylation sites is 1. The van der Waals surface area contributed by atoms with Gasteiger partial charge >= 0.3 is 0 Å². The second kappa shape index (κ2) is 8.85. The molecule has 0 unspecified atom stereocenters. The normalized spacial score (nSPS) is 10.9. The van der Waals surface area contributed by atoms with Gasteiger partial charge in [0, 0.05) is 26.6 Å². The van der Waals surface area contributed by atoms with Gasteiger partial charge in [-0.05, 0) is 56.3 Å². The van der Waals surface area contributed by atoms with Gasteiger partial charge in [-0.2, -0.15) is 0 Å². The molecule has 2 heterocycles. The number of nitrogens with zero attached hydrogens (tertiary/aromatic N) is 3. The second-order valence-electron chi connectivity index (χ2n) is 6.74. The van der Waals surface area contributed by atoms with E-state index in [1.807, 2.05) is 79.1 Å². The predicted molar refractivity (Wildman–Crippen MR) is 122 cm³/mol. The van der Waals surface area contributed by atoms with Gasteiger partial charge in [0.1, 0.15) is 5.75 Å². The van der Waals surface area contributed by atoms with Crippen LogP contribution in [0.1, 0.15) is 20.1 Å². The maximum atomic E-state index is 12.8. The lowest BCUT2D eigenvalue weighted by atomic mass is 10.2. The molecule has 30 heavy (non-hydrogen) atoms. The molecule has 0 aliphatic heterocycles. The Hall–Kier alpha value is -2.90. The lowest BCUT2D eigenvalue weighted by molar-refractivity contribution is 0.102. The number of ether oxygens (including phenoxy) is 1. The largest absolute Gasteiger partial charge is 0.497 e. The highest BCUT2D eigenvalue weighted by Gasteiger charge is 2.19. The van der Waals surface area contributed by atoms with E-state index in [1.165, 1.54) is 11.8 Å². The third-order valence-corrected chi connectivity index (χ3v) is 6.56. The zero-order chi connectivity index (χ0) is 21.1. The van der Waals surface area contributed by atoms with E-state index in [1.54, 1.807) is 18.4 Å². The molecule has 4 aromatic rings. The summed E-state index contributed by atoms with van der Waals surface area (Å²) in [6.45, 7) is 4.01. The number of hydrogen-bond acceptors (Lipinski definition) is 6. The first kappa shape index (κ1) is 20.4. The van der Waals surface area contributed by atoms with Crippen molar-refractivity contribution in [1.82, 2.24) is 14.8 Å². The Balaban J connectivity index is 1.67. The van der Waals surface area contributed by atoms with Gasteiger partial charge in [-0.15, -0.1) is 21.5 Å². The summed E-state index contributed by atoms with van der Waals surface area (Å²) in [7, 11) is 1.64. The minimum atomic E-state index is 0.107. The van der Waals surface area contributed by atoms with E-state index in [4.69, 9.17) is 4.74 Å². The molecule has 152 valence electrons. The number of carbonyl (C=O) groups excluding carboxylic acids is 1. The Kier molecular flexibility index (Phi) is 6.01. The molecule has 0 aliphatic rings. The number of rotatable bonds is 7. The first-order chi connectivity index (χ1) is 14.6. The Bertz CT molecular complexity index is 1170. The smallest absolute Gasteiger partial charge is 0.196 e.